The minimum atomic E-state index is 0.119. The summed E-state index contributed by atoms with van der Waals surface area (Å²) >= 11 is 5.85. The largest absolute Gasteiger partial charge is 0.463 e. The van der Waals surface area contributed by atoms with Crippen molar-refractivity contribution in [2.45, 2.75) is 26.7 Å². The molecule has 0 radical (unpaired) electrons. The summed E-state index contributed by atoms with van der Waals surface area (Å²) in [5.41, 5.74) is 0. The molecular weight excluding hydrogens is 256 g/mol. The van der Waals surface area contributed by atoms with Gasteiger partial charge in [0.15, 0.2) is 0 Å². The molecule has 0 fully saturated rings. The first-order valence-electron chi connectivity index (χ1n) is 6.11. The third kappa shape index (κ3) is 4.62. The first kappa shape index (κ1) is 14.9. The molecule has 102 valence electrons. The summed E-state index contributed by atoms with van der Waals surface area (Å²) in [6.45, 7) is 6.07. The molecule has 6 nitrogen and oxygen atoms in total. The zero-order valence-corrected chi connectivity index (χ0v) is 11.5. The highest BCUT2D eigenvalue weighted by atomic mass is 35.5. The van der Waals surface area contributed by atoms with Crippen molar-refractivity contribution in [1.29, 1.82) is 0 Å². The molecular formula is C11H19ClN4O2. The summed E-state index contributed by atoms with van der Waals surface area (Å²) in [6, 6.07) is 0.245. The summed E-state index contributed by atoms with van der Waals surface area (Å²) < 4.78 is 5.35. The maximum absolute atomic E-state index is 8.85. The van der Waals surface area contributed by atoms with E-state index in [1.165, 1.54) is 0 Å². The average molecular weight is 275 g/mol. The predicted octanol–water partition coefficient (Wildman–Crippen LogP) is 1.52. The van der Waals surface area contributed by atoms with E-state index in [1.54, 1.807) is 0 Å². The molecule has 1 N–H and O–H groups in total. The standard InChI is InChI=1S/C11H19ClN4O2/c1-3-8-18-11-14-9(12)13-10(15-11)16(4-2)6-5-7-17/h17H,3-8H2,1-2H3. The molecule has 7 heteroatoms. The highest BCUT2D eigenvalue weighted by Gasteiger charge is 2.11. The van der Waals surface area contributed by atoms with Crippen LogP contribution in [0.5, 0.6) is 6.01 Å². The number of aromatic nitrogens is 3. The normalized spacial score (nSPS) is 10.4. The minimum Gasteiger partial charge on any atom is -0.463 e. The molecule has 0 aromatic carbocycles. The Hall–Kier alpha value is -1.14. The Kier molecular flexibility index (Phi) is 6.67. The van der Waals surface area contributed by atoms with Crippen molar-refractivity contribution in [3.8, 4) is 6.01 Å². The SMILES string of the molecule is CCCOc1nc(Cl)nc(N(CC)CCCO)n1. The molecule has 0 saturated heterocycles. The van der Waals surface area contributed by atoms with E-state index >= 15 is 0 Å². The molecule has 0 atom stereocenters. The molecule has 18 heavy (non-hydrogen) atoms. The van der Waals surface area contributed by atoms with Crippen LogP contribution in [0.15, 0.2) is 0 Å². The van der Waals surface area contributed by atoms with E-state index in [1.807, 2.05) is 18.7 Å². The summed E-state index contributed by atoms with van der Waals surface area (Å²) in [7, 11) is 0. The van der Waals surface area contributed by atoms with Crippen molar-refractivity contribution in [3.05, 3.63) is 5.28 Å². The Morgan fingerprint density at radius 1 is 1.28 bits per heavy atom. The number of hydrogen-bond acceptors (Lipinski definition) is 6. The van der Waals surface area contributed by atoms with Crippen LogP contribution in [0.4, 0.5) is 5.95 Å². The molecule has 1 aromatic heterocycles. The minimum absolute atomic E-state index is 0.119. The van der Waals surface area contributed by atoms with E-state index in [4.69, 9.17) is 21.4 Å². The number of aliphatic hydroxyl groups is 1. The number of rotatable bonds is 8. The van der Waals surface area contributed by atoms with Gasteiger partial charge in [0.25, 0.3) is 0 Å². The van der Waals surface area contributed by atoms with Gasteiger partial charge < -0.3 is 14.7 Å². The summed E-state index contributed by atoms with van der Waals surface area (Å²) in [5, 5.41) is 8.97. The number of aliphatic hydroxyl groups excluding tert-OH is 1. The lowest BCUT2D eigenvalue weighted by atomic mass is 10.4. The van der Waals surface area contributed by atoms with Crippen LogP contribution in [0.1, 0.15) is 26.7 Å². The number of halogens is 1. The van der Waals surface area contributed by atoms with E-state index in [-0.39, 0.29) is 17.9 Å². The lowest BCUT2D eigenvalue weighted by molar-refractivity contribution is 0.287. The molecule has 0 bridgehead atoms. The highest BCUT2D eigenvalue weighted by molar-refractivity contribution is 6.28. The van der Waals surface area contributed by atoms with Crippen LogP contribution in [0, 0.1) is 0 Å². The van der Waals surface area contributed by atoms with Crippen molar-refractivity contribution >= 4 is 17.5 Å². The monoisotopic (exact) mass is 274 g/mol. The fourth-order valence-corrected chi connectivity index (χ4v) is 1.53. The maximum Gasteiger partial charge on any atom is 0.322 e. The molecule has 0 unspecified atom stereocenters. The van der Waals surface area contributed by atoms with Crippen LogP contribution in [-0.4, -0.2) is 46.4 Å². The molecule has 0 spiro atoms. The van der Waals surface area contributed by atoms with Gasteiger partial charge in [-0.3, -0.25) is 0 Å². The average Bonchev–Trinajstić information content (AvgIpc) is 2.37. The molecule has 0 saturated carbocycles. The van der Waals surface area contributed by atoms with Gasteiger partial charge in [0.05, 0.1) is 6.61 Å². The van der Waals surface area contributed by atoms with Crippen LogP contribution in [0.25, 0.3) is 0 Å². The first-order valence-corrected chi connectivity index (χ1v) is 6.49. The van der Waals surface area contributed by atoms with Crippen molar-refractivity contribution in [3.63, 3.8) is 0 Å². The van der Waals surface area contributed by atoms with Gasteiger partial charge in [-0.25, -0.2) is 0 Å². The Bertz CT molecular complexity index is 365. The molecule has 0 aliphatic rings. The zero-order chi connectivity index (χ0) is 13.4. The van der Waals surface area contributed by atoms with Crippen LogP contribution >= 0.6 is 11.6 Å². The molecule has 1 heterocycles. The zero-order valence-electron chi connectivity index (χ0n) is 10.8. The quantitative estimate of drug-likeness (QED) is 0.775. The molecule has 0 amide bonds. The van der Waals surface area contributed by atoms with Gasteiger partial charge >= 0.3 is 6.01 Å². The van der Waals surface area contributed by atoms with Gasteiger partial charge in [-0.1, -0.05) is 6.92 Å². The van der Waals surface area contributed by atoms with Gasteiger partial charge in [-0.15, -0.1) is 0 Å². The molecule has 0 aliphatic heterocycles. The Balaban J connectivity index is 2.81. The summed E-state index contributed by atoms with van der Waals surface area (Å²) in [5.74, 6) is 0.483. The second-order valence-electron chi connectivity index (χ2n) is 3.69. The number of ether oxygens (including phenoxy) is 1. The Labute approximate surface area is 112 Å². The fraction of sp³-hybridized carbons (Fsp3) is 0.727. The topological polar surface area (TPSA) is 71.4 Å². The lowest BCUT2D eigenvalue weighted by Gasteiger charge is -2.20. The lowest BCUT2D eigenvalue weighted by Crippen LogP contribution is -2.27. The second kappa shape index (κ2) is 8.05. The number of anilines is 1. The smallest absolute Gasteiger partial charge is 0.322 e. The van der Waals surface area contributed by atoms with Crippen LogP contribution in [0.2, 0.25) is 5.28 Å². The van der Waals surface area contributed by atoms with Crippen molar-refractivity contribution in [2.75, 3.05) is 31.2 Å². The molecule has 1 aromatic rings. The predicted molar refractivity (Wildman–Crippen MR) is 70.2 cm³/mol. The van der Waals surface area contributed by atoms with Crippen LogP contribution in [-0.2, 0) is 0 Å². The third-order valence-electron chi connectivity index (χ3n) is 2.26. The number of hydrogen-bond donors (Lipinski definition) is 1. The molecule has 1 rings (SSSR count). The van der Waals surface area contributed by atoms with E-state index in [0.717, 1.165) is 13.0 Å². The summed E-state index contributed by atoms with van der Waals surface area (Å²) in [4.78, 5) is 14.1. The van der Waals surface area contributed by atoms with Crippen LogP contribution < -0.4 is 9.64 Å². The van der Waals surface area contributed by atoms with E-state index in [2.05, 4.69) is 15.0 Å². The molecule has 0 aliphatic carbocycles. The van der Waals surface area contributed by atoms with E-state index in [9.17, 15) is 0 Å². The number of nitrogens with zero attached hydrogens (tertiary/aromatic N) is 4. The fourth-order valence-electron chi connectivity index (χ4n) is 1.38. The van der Waals surface area contributed by atoms with E-state index in [0.29, 0.717) is 25.5 Å². The highest BCUT2D eigenvalue weighted by Crippen LogP contribution is 2.15. The Morgan fingerprint density at radius 3 is 2.67 bits per heavy atom. The van der Waals surface area contributed by atoms with Crippen LogP contribution in [0.3, 0.4) is 0 Å². The first-order chi connectivity index (χ1) is 8.71. The second-order valence-corrected chi connectivity index (χ2v) is 4.03. The van der Waals surface area contributed by atoms with Gasteiger partial charge in [0.2, 0.25) is 11.2 Å². The van der Waals surface area contributed by atoms with E-state index < -0.39 is 0 Å². The summed E-state index contributed by atoms with van der Waals surface area (Å²) in [6.07, 6.45) is 1.53. The van der Waals surface area contributed by atoms with Gasteiger partial charge in [-0.05, 0) is 31.4 Å². The Morgan fingerprint density at radius 2 is 2.06 bits per heavy atom. The van der Waals surface area contributed by atoms with Crippen molar-refractivity contribution < 1.29 is 9.84 Å². The van der Waals surface area contributed by atoms with Gasteiger partial charge in [0.1, 0.15) is 0 Å². The van der Waals surface area contributed by atoms with Gasteiger partial charge in [0, 0.05) is 19.7 Å². The third-order valence-corrected chi connectivity index (χ3v) is 2.43. The van der Waals surface area contributed by atoms with Crippen molar-refractivity contribution in [2.24, 2.45) is 0 Å². The van der Waals surface area contributed by atoms with Crippen molar-refractivity contribution in [1.82, 2.24) is 15.0 Å². The maximum atomic E-state index is 8.85. The van der Waals surface area contributed by atoms with Gasteiger partial charge in [-0.2, -0.15) is 15.0 Å².